The highest BCUT2D eigenvalue weighted by atomic mass is 16.5. The lowest BCUT2D eigenvalue weighted by Gasteiger charge is -2.34. The van der Waals surface area contributed by atoms with Crippen molar-refractivity contribution in [1.82, 2.24) is 0 Å². The van der Waals surface area contributed by atoms with Crippen LogP contribution in [0.1, 0.15) is 23.6 Å². The van der Waals surface area contributed by atoms with Crippen LogP contribution in [-0.2, 0) is 36.9 Å². The number of rotatable bonds is 14. The van der Waals surface area contributed by atoms with E-state index in [1.807, 2.05) is 60.7 Å². The summed E-state index contributed by atoms with van der Waals surface area (Å²) in [6.07, 6.45) is 9.24. The van der Waals surface area contributed by atoms with E-state index >= 15 is 0 Å². The van der Waals surface area contributed by atoms with E-state index < -0.39 is 29.8 Å². The molecule has 1 amide bonds. The molecule has 0 N–H and O–H groups in total. The zero-order valence-corrected chi connectivity index (χ0v) is 24.7. The highest BCUT2D eigenvalue weighted by Crippen LogP contribution is 2.28. The molecule has 3 aromatic carbocycles. The third-order valence-corrected chi connectivity index (χ3v) is 6.78. The Hall–Kier alpha value is -5.37. The molecule has 0 spiro atoms. The van der Waals surface area contributed by atoms with Gasteiger partial charge in [0.05, 0.1) is 26.2 Å². The molecule has 0 radical (unpaired) electrons. The van der Waals surface area contributed by atoms with Gasteiger partial charge in [0.15, 0.2) is 0 Å². The van der Waals surface area contributed by atoms with Gasteiger partial charge in [0.25, 0.3) is 5.91 Å². The number of esters is 2. The van der Waals surface area contributed by atoms with Gasteiger partial charge in [-0.1, -0.05) is 66.7 Å². The topological polar surface area (TPSA) is 95.3 Å². The Morgan fingerprint density at radius 1 is 0.841 bits per heavy atom. The van der Waals surface area contributed by atoms with E-state index in [2.05, 4.69) is 0 Å². The molecular formula is C36H35NO7. The first-order valence-electron chi connectivity index (χ1n) is 14.3. The van der Waals surface area contributed by atoms with Crippen molar-refractivity contribution in [2.24, 2.45) is 5.92 Å². The summed E-state index contributed by atoms with van der Waals surface area (Å²) >= 11 is 0. The van der Waals surface area contributed by atoms with E-state index in [0.29, 0.717) is 23.4 Å². The van der Waals surface area contributed by atoms with E-state index in [0.717, 1.165) is 11.1 Å². The van der Waals surface area contributed by atoms with Crippen molar-refractivity contribution >= 4 is 29.6 Å². The van der Waals surface area contributed by atoms with Crippen molar-refractivity contribution in [3.63, 3.8) is 0 Å². The number of carbonyl (C=O) groups is 3. The molecule has 0 fully saturated rings. The van der Waals surface area contributed by atoms with E-state index in [1.165, 1.54) is 29.6 Å². The first-order valence-corrected chi connectivity index (χ1v) is 14.3. The molecule has 44 heavy (non-hydrogen) atoms. The minimum absolute atomic E-state index is 0.101. The Labute approximate surface area is 257 Å². The molecule has 8 heteroatoms. The van der Waals surface area contributed by atoms with Gasteiger partial charge in [-0.05, 0) is 60.9 Å². The lowest BCUT2D eigenvalue weighted by Crippen LogP contribution is -2.50. The zero-order valence-electron chi connectivity index (χ0n) is 24.7. The smallest absolute Gasteiger partial charge is 0.330 e. The van der Waals surface area contributed by atoms with Crippen LogP contribution in [0.2, 0.25) is 0 Å². The first kappa shape index (κ1) is 31.6. The number of furan rings is 1. The maximum atomic E-state index is 14.0. The highest BCUT2D eigenvalue weighted by Gasteiger charge is 2.37. The van der Waals surface area contributed by atoms with Crippen LogP contribution in [0.5, 0.6) is 5.75 Å². The molecule has 0 saturated carbocycles. The Morgan fingerprint density at radius 3 is 2.14 bits per heavy atom. The number of benzene rings is 3. The van der Waals surface area contributed by atoms with E-state index in [-0.39, 0.29) is 13.2 Å². The lowest BCUT2D eigenvalue weighted by molar-refractivity contribution is -0.146. The number of amides is 1. The normalized spacial score (nSPS) is 12.5. The van der Waals surface area contributed by atoms with Crippen LogP contribution in [0.3, 0.4) is 0 Å². The molecule has 1 heterocycles. The molecule has 0 aliphatic rings. The van der Waals surface area contributed by atoms with Gasteiger partial charge in [-0.15, -0.1) is 0 Å². The number of ether oxygens (including phenoxy) is 3. The number of hydrogen-bond acceptors (Lipinski definition) is 7. The summed E-state index contributed by atoms with van der Waals surface area (Å²) in [4.78, 5) is 41.9. The summed E-state index contributed by atoms with van der Waals surface area (Å²) in [6.45, 7) is 1.91. The van der Waals surface area contributed by atoms with Crippen LogP contribution in [0.4, 0.5) is 5.69 Å². The lowest BCUT2D eigenvalue weighted by atomic mass is 9.89. The molecule has 0 aliphatic heterocycles. The second-order valence-electron chi connectivity index (χ2n) is 9.80. The number of anilines is 1. The van der Waals surface area contributed by atoms with Gasteiger partial charge in [0, 0.05) is 29.3 Å². The summed E-state index contributed by atoms with van der Waals surface area (Å²) in [5.74, 6) is -1.74. The van der Waals surface area contributed by atoms with E-state index in [1.54, 1.807) is 56.5 Å². The maximum Gasteiger partial charge on any atom is 0.330 e. The standard InChI is InChI=1S/C36H35NO7/c1-3-43-36(40)35(37(31-16-18-32(41-2)19-17-31)33(38)20-14-29-22-23-42-25-29)30(24-27-10-6-4-7-11-27)15-21-34(39)44-26-28-12-8-5-9-13-28/h4-23,25,30,35H,3,24,26H2,1-2H3/b20-14+,21-15+/t30-,35-/m1/s1. The Bertz CT molecular complexity index is 1530. The summed E-state index contributed by atoms with van der Waals surface area (Å²) in [5.41, 5.74) is 2.89. The van der Waals surface area contributed by atoms with Gasteiger partial charge in [0.1, 0.15) is 18.4 Å². The molecule has 0 unspecified atom stereocenters. The number of nitrogens with zero attached hydrogens (tertiary/aromatic N) is 1. The minimum Gasteiger partial charge on any atom is -0.497 e. The third-order valence-electron chi connectivity index (χ3n) is 6.78. The molecular weight excluding hydrogens is 558 g/mol. The average Bonchev–Trinajstić information content (AvgIpc) is 3.58. The quantitative estimate of drug-likeness (QED) is 0.123. The van der Waals surface area contributed by atoms with Crippen molar-refractivity contribution in [2.45, 2.75) is 26.0 Å². The monoisotopic (exact) mass is 593 g/mol. The predicted molar refractivity (Wildman–Crippen MR) is 168 cm³/mol. The van der Waals surface area contributed by atoms with Gasteiger partial charge in [-0.3, -0.25) is 9.69 Å². The first-order chi connectivity index (χ1) is 21.5. The van der Waals surface area contributed by atoms with Crippen molar-refractivity contribution in [3.8, 4) is 5.75 Å². The van der Waals surface area contributed by atoms with Crippen LogP contribution in [0.25, 0.3) is 6.08 Å². The van der Waals surface area contributed by atoms with Crippen LogP contribution in [0, 0.1) is 5.92 Å². The summed E-state index contributed by atoms with van der Waals surface area (Å²) < 4.78 is 21.4. The number of carbonyl (C=O) groups excluding carboxylic acids is 3. The minimum atomic E-state index is -1.14. The molecule has 4 aromatic rings. The van der Waals surface area contributed by atoms with Crippen LogP contribution >= 0.6 is 0 Å². The maximum absolute atomic E-state index is 14.0. The van der Waals surface area contributed by atoms with Crippen molar-refractivity contribution < 1.29 is 33.0 Å². The fraction of sp³-hybridized carbons (Fsp3) is 0.194. The van der Waals surface area contributed by atoms with Gasteiger partial charge in [-0.25, -0.2) is 9.59 Å². The van der Waals surface area contributed by atoms with Gasteiger partial charge >= 0.3 is 11.9 Å². The third kappa shape index (κ3) is 9.06. The van der Waals surface area contributed by atoms with E-state index in [9.17, 15) is 14.4 Å². The van der Waals surface area contributed by atoms with Gasteiger partial charge in [0.2, 0.25) is 0 Å². The summed E-state index contributed by atoms with van der Waals surface area (Å²) in [7, 11) is 1.55. The largest absolute Gasteiger partial charge is 0.497 e. The van der Waals surface area contributed by atoms with Gasteiger partial charge in [-0.2, -0.15) is 0 Å². The Morgan fingerprint density at radius 2 is 1.52 bits per heavy atom. The fourth-order valence-corrected chi connectivity index (χ4v) is 4.63. The molecule has 0 bridgehead atoms. The van der Waals surface area contributed by atoms with Crippen LogP contribution < -0.4 is 9.64 Å². The van der Waals surface area contributed by atoms with Gasteiger partial charge < -0.3 is 18.6 Å². The molecule has 1 aromatic heterocycles. The number of methoxy groups -OCH3 is 1. The molecule has 2 atom stereocenters. The Balaban J connectivity index is 1.74. The molecule has 4 rings (SSSR count). The highest BCUT2D eigenvalue weighted by molar-refractivity contribution is 6.07. The van der Waals surface area contributed by atoms with Crippen LogP contribution in [0.15, 0.2) is 126 Å². The van der Waals surface area contributed by atoms with Crippen molar-refractivity contribution in [2.75, 3.05) is 18.6 Å². The SMILES string of the molecule is CCOC(=O)[C@@H]([C@H](/C=C/C(=O)OCc1ccccc1)Cc1ccccc1)N(C(=O)/C=C/c1ccoc1)c1ccc(OC)cc1. The van der Waals surface area contributed by atoms with Crippen molar-refractivity contribution in [3.05, 3.63) is 138 Å². The second-order valence-corrected chi connectivity index (χ2v) is 9.80. The predicted octanol–water partition coefficient (Wildman–Crippen LogP) is 6.42. The number of hydrogen-bond donors (Lipinski definition) is 0. The average molecular weight is 594 g/mol. The Kier molecular flexibility index (Phi) is 11.7. The molecule has 0 saturated heterocycles. The zero-order chi connectivity index (χ0) is 31.1. The molecule has 0 aliphatic carbocycles. The van der Waals surface area contributed by atoms with E-state index in [4.69, 9.17) is 18.6 Å². The summed E-state index contributed by atoms with van der Waals surface area (Å²) in [5, 5.41) is 0. The van der Waals surface area contributed by atoms with Crippen LogP contribution in [-0.4, -0.2) is 37.6 Å². The second kappa shape index (κ2) is 16.3. The molecule has 226 valence electrons. The van der Waals surface area contributed by atoms with Crippen molar-refractivity contribution in [1.29, 1.82) is 0 Å². The fourth-order valence-electron chi connectivity index (χ4n) is 4.63. The summed E-state index contributed by atoms with van der Waals surface area (Å²) in [6, 6.07) is 26.3. The molecule has 8 nitrogen and oxygen atoms in total.